The van der Waals surface area contributed by atoms with Gasteiger partial charge in [0.15, 0.2) is 5.54 Å². The van der Waals surface area contributed by atoms with Gasteiger partial charge in [0.2, 0.25) is 5.91 Å². The van der Waals surface area contributed by atoms with Crippen LogP contribution in [0.25, 0.3) is 22.1 Å². The number of para-hydroxylation sites is 3. The number of H-pyrrole nitrogens is 1. The number of halogens is 1. The predicted octanol–water partition coefficient (Wildman–Crippen LogP) is 6.04. The molecule has 2 aliphatic rings. The summed E-state index contributed by atoms with van der Waals surface area (Å²) in [6.45, 7) is 8.99. The topological polar surface area (TPSA) is 115 Å². The SMILES string of the molecule is CC1=C(C(C)C2C=C(Cl)C=CC2(C(N)=O)n2nnc3ccccc32)C(C)(C)CCC1.c1ccc2n[nH]nc2c1. The van der Waals surface area contributed by atoms with Crippen molar-refractivity contribution in [2.45, 2.75) is 52.5 Å². The van der Waals surface area contributed by atoms with Crippen LogP contribution in [0.2, 0.25) is 0 Å². The number of carbonyl (C=O) groups excluding carboxylic acids is 1. The Morgan fingerprint density at radius 2 is 1.74 bits per heavy atom. The fourth-order valence-electron chi connectivity index (χ4n) is 6.52. The van der Waals surface area contributed by atoms with Crippen LogP contribution in [0.4, 0.5) is 0 Å². The van der Waals surface area contributed by atoms with E-state index >= 15 is 0 Å². The molecule has 4 aromatic rings. The maximum Gasteiger partial charge on any atom is 0.250 e. The lowest BCUT2D eigenvalue weighted by Gasteiger charge is -2.45. The summed E-state index contributed by atoms with van der Waals surface area (Å²) in [5, 5.41) is 19.6. The zero-order chi connectivity index (χ0) is 27.8. The first kappa shape index (κ1) is 26.8. The molecule has 0 radical (unpaired) electrons. The van der Waals surface area contributed by atoms with Crippen molar-refractivity contribution in [3.05, 3.63) is 82.9 Å². The number of nitrogens with one attached hydrogen (secondary N) is 1. The van der Waals surface area contributed by atoms with Crippen molar-refractivity contribution >= 4 is 39.6 Å². The second-order valence-corrected chi connectivity index (χ2v) is 11.6. The van der Waals surface area contributed by atoms with Crippen LogP contribution in [0.1, 0.15) is 47.0 Å². The van der Waals surface area contributed by atoms with Crippen LogP contribution in [0.5, 0.6) is 0 Å². The van der Waals surface area contributed by atoms with E-state index in [1.807, 2.05) is 60.7 Å². The Labute approximate surface area is 233 Å². The minimum Gasteiger partial charge on any atom is -0.367 e. The summed E-state index contributed by atoms with van der Waals surface area (Å²) in [5.41, 5.74) is 11.1. The normalized spacial score (nSPS) is 23.3. The first-order valence-electron chi connectivity index (χ1n) is 13.3. The fraction of sp³-hybridized carbons (Fsp3) is 0.367. The van der Waals surface area contributed by atoms with Gasteiger partial charge in [0.05, 0.1) is 5.52 Å². The highest BCUT2D eigenvalue weighted by atomic mass is 35.5. The summed E-state index contributed by atoms with van der Waals surface area (Å²) in [7, 11) is 0. The highest BCUT2D eigenvalue weighted by Gasteiger charge is 2.51. The van der Waals surface area contributed by atoms with E-state index in [2.05, 4.69) is 53.4 Å². The summed E-state index contributed by atoms with van der Waals surface area (Å²) in [6.07, 6.45) is 8.92. The number of fused-ring (bicyclic) bond motifs is 2. The van der Waals surface area contributed by atoms with Gasteiger partial charge in [-0.1, -0.05) is 79.1 Å². The molecular weight excluding hydrogens is 510 g/mol. The number of aromatic nitrogens is 6. The largest absolute Gasteiger partial charge is 0.367 e. The van der Waals surface area contributed by atoms with Crippen molar-refractivity contribution in [1.82, 2.24) is 30.4 Å². The molecule has 3 atom stereocenters. The van der Waals surface area contributed by atoms with E-state index in [1.54, 1.807) is 10.8 Å². The molecule has 202 valence electrons. The number of carbonyl (C=O) groups is 1. The molecule has 2 aliphatic carbocycles. The molecule has 9 heteroatoms. The highest BCUT2D eigenvalue weighted by molar-refractivity contribution is 6.31. The number of benzene rings is 2. The van der Waals surface area contributed by atoms with Crippen molar-refractivity contribution in [3.8, 4) is 0 Å². The Balaban J connectivity index is 0.000000287. The number of nitrogens with two attached hydrogens (primary N) is 1. The second kappa shape index (κ2) is 10.4. The predicted molar refractivity (Wildman–Crippen MR) is 155 cm³/mol. The molecule has 2 heterocycles. The standard InChI is InChI=1S/C24H29ClN4O.C6H5N3/c1-15-8-7-12-23(3,4)21(15)16(2)18-14-17(25)11-13-24(18,22(26)30)29-20-10-6-5-9-19(20)27-28-29;1-2-4-6-5(3-1)7-9-8-6/h5-6,9-11,13-14,16,18H,7-8,12H2,1-4H3,(H2,26,30);1-4H,(H,7,8,9). The third-order valence-electron chi connectivity index (χ3n) is 8.20. The molecule has 6 rings (SSSR count). The number of primary amides is 1. The molecule has 0 spiro atoms. The Morgan fingerprint density at radius 3 is 2.38 bits per heavy atom. The van der Waals surface area contributed by atoms with Gasteiger partial charge in [-0.25, -0.2) is 4.68 Å². The lowest BCUT2D eigenvalue weighted by atomic mass is 9.61. The second-order valence-electron chi connectivity index (χ2n) is 11.1. The minimum absolute atomic E-state index is 0.0504. The Kier molecular flexibility index (Phi) is 7.16. The fourth-order valence-corrected chi connectivity index (χ4v) is 6.71. The van der Waals surface area contributed by atoms with E-state index in [9.17, 15) is 4.79 Å². The Bertz CT molecular complexity index is 1580. The van der Waals surface area contributed by atoms with Gasteiger partial charge in [0.25, 0.3) is 0 Å². The molecule has 0 fully saturated rings. The van der Waals surface area contributed by atoms with Crippen molar-refractivity contribution in [3.63, 3.8) is 0 Å². The van der Waals surface area contributed by atoms with Crippen LogP contribution in [0, 0.1) is 17.3 Å². The van der Waals surface area contributed by atoms with E-state index < -0.39 is 11.4 Å². The summed E-state index contributed by atoms with van der Waals surface area (Å²) >= 11 is 6.47. The van der Waals surface area contributed by atoms with Gasteiger partial charge in [-0.05, 0) is 73.9 Å². The molecule has 2 aromatic carbocycles. The van der Waals surface area contributed by atoms with Crippen LogP contribution in [0.15, 0.2) is 82.9 Å². The molecule has 1 amide bonds. The Hall–Kier alpha value is -3.78. The number of hydrogen-bond acceptors (Lipinski definition) is 5. The first-order chi connectivity index (χ1) is 18.6. The van der Waals surface area contributed by atoms with Crippen LogP contribution in [-0.2, 0) is 10.3 Å². The number of amides is 1. The van der Waals surface area contributed by atoms with Crippen molar-refractivity contribution in [2.75, 3.05) is 0 Å². The molecule has 3 N–H and O–H groups in total. The van der Waals surface area contributed by atoms with Gasteiger partial charge in [0, 0.05) is 11.0 Å². The molecule has 2 aromatic heterocycles. The van der Waals surface area contributed by atoms with Gasteiger partial charge < -0.3 is 5.73 Å². The monoisotopic (exact) mass is 543 g/mol. The minimum atomic E-state index is -1.19. The molecular formula is C30H34ClN7O. The van der Waals surface area contributed by atoms with Crippen molar-refractivity contribution in [1.29, 1.82) is 0 Å². The lowest BCUT2D eigenvalue weighted by molar-refractivity contribution is -0.127. The highest BCUT2D eigenvalue weighted by Crippen LogP contribution is 2.50. The Morgan fingerprint density at radius 1 is 1.10 bits per heavy atom. The number of nitrogens with zero attached hydrogens (tertiary/aromatic N) is 5. The molecule has 0 aliphatic heterocycles. The summed E-state index contributed by atoms with van der Waals surface area (Å²) in [5.74, 6) is -0.687. The van der Waals surface area contributed by atoms with Crippen molar-refractivity contribution < 1.29 is 4.79 Å². The number of allylic oxidation sites excluding steroid dienone is 5. The summed E-state index contributed by atoms with van der Waals surface area (Å²) in [4.78, 5) is 13.2. The van der Waals surface area contributed by atoms with E-state index in [4.69, 9.17) is 17.3 Å². The smallest absolute Gasteiger partial charge is 0.250 e. The van der Waals surface area contributed by atoms with Crippen LogP contribution in [-0.4, -0.2) is 36.3 Å². The number of aromatic amines is 1. The molecule has 0 bridgehead atoms. The zero-order valence-corrected chi connectivity index (χ0v) is 23.5. The van der Waals surface area contributed by atoms with Gasteiger partial charge in [-0.15, -0.1) is 5.10 Å². The third kappa shape index (κ3) is 4.78. The molecule has 0 saturated carbocycles. The average Bonchev–Trinajstić information content (AvgIpc) is 3.56. The van der Waals surface area contributed by atoms with Gasteiger partial charge in [-0.2, -0.15) is 15.4 Å². The lowest BCUT2D eigenvalue weighted by Crippen LogP contribution is -2.54. The average molecular weight is 544 g/mol. The molecule has 39 heavy (non-hydrogen) atoms. The first-order valence-corrected chi connectivity index (χ1v) is 13.7. The zero-order valence-electron chi connectivity index (χ0n) is 22.7. The van der Waals surface area contributed by atoms with Gasteiger partial charge >= 0.3 is 0 Å². The summed E-state index contributed by atoms with van der Waals surface area (Å²) in [6, 6.07) is 15.3. The molecule has 3 unspecified atom stereocenters. The number of rotatable bonds is 4. The van der Waals surface area contributed by atoms with E-state index in [0.717, 1.165) is 34.9 Å². The summed E-state index contributed by atoms with van der Waals surface area (Å²) < 4.78 is 1.69. The van der Waals surface area contributed by atoms with Crippen molar-refractivity contribution in [2.24, 2.45) is 23.0 Å². The van der Waals surface area contributed by atoms with E-state index in [-0.39, 0.29) is 17.3 Å². The molecule has 8 nitrogen and oxygen atoms in total. The van der Waals surface area contributed by atoms with Gasteiger partial charge in [-0.3, -0.25) is 4.79 Å². The van der Waals surface area contributed by atoms with Gasteiger partial charge in [0.1, 0.15) is 16.6 Å². The molecule has 0 saturated heterocycles. The van der Waals surface area contributed by atoms with Crippen LogP contribution < -0.4 is 5.73 Å². The third-order valence-corrected chi connectivity index (χ3v) is 8.45. The van der Waals surface area contributed by atoms with Crippen LogP contribution in [0.3, 0.4) is 0 Å². The number of hydrogen-bond donors (Lipinski definition) is 2. The quantitative estimate of drug-likeness (QED) is 0.304. The maximum absolute atomic E-state index is 13.2. The van der Waals surface area contributed by atoms with E-state index in [1.165, 1.54) is 17.6 Å². The van der Waals surface area contributed by atoms with E-state index in [0.29, 0.717) is 5.03 Å². The van der Waals surface area contributed by atoms with Crippen LogP contribution >= 0.6 is 11.6 Å². The maximum atomic E-state index is 13.2.